The van der Waals surface area contributed by atoms with Crippen molar-refractivity contribution in [1.82, 2.24) is 0 Å². The first-order valence-electron chi connectivity index (χ1n) is 9.85. The SMILES string of the molecule is C=[N+](N=CC1N(C)c2ccccc2C1(C)C)c1ccc2sc3ccccc3c2c1. The van der Waals surface area contributed by atoms with E-state index in [4.69, 9.17) is 5.10 Å². The van der Waals surface area contributed by atoms with Gasteiger partial charge in [-0.05, 0) is 28.9 Å². The predicted octanol–water partition coefficient (Wildman–Crippen LogP) is 6.18. The van der Waals surface area contributed by atoms with E-state index in [2.05, 4.69) is 99.2 Å². The highest BCUT2D eigenvalue weighted by atomic mass is 32.1. The smallest absolute Gasteiger partial charge is 0.238 e. The van der Waals surface area contributed by atoms with Gasteiger partial charge in [0.25, 0.3) is 0 Å². The minimum atomic E-state index is -0.0107. The molecule has 3 aromatic carbocycles. The Bertz CT molecular complexity index is 1280. The van der Waals surface area contributed by atoms with Crippen LogP contribution in [0, 0.1) is 0 Å². The number of hydrogen-bond donors (Lipinski definition) is 0. The van der Waals surface area contributed by atoms with Gasteiger partial charge in [0.05, 0.1) is 12.3 Å². The molecule has 1 atom stereocenters. The van der Waals surface area contributed by atoms with Crippen LogP contribution < -0.4 is 4.90 Å². The molecule has 29 heavy (non-hydrogen) atoms. The highest BCUT2D eigenvalue weighted by molar-refractivity contribution is 7.25. The summed E-state index contributed by atoms with van der Waals surface area (Å²) in [5.74, 6) is 0. The Hall–Kier alpha value is -2.98. The summed E-state index contributed by atoms with van der Waals surface area (Å²) >= 11 is 1.82. The monoisotopic (exact) mass is 398 g/mol. The zero-order valence-corrected chi connectivity index (χ0v) is 17.8. The Balaban J connectivity index is 1.47. The van der Waals surface area contributed by atoms with Crippen molar-refractivity contribution in [2.45, 2.75) is 25.3 Å². The summed E-state index contributed by atoms with van der Waals surface area (Å²) in [4.78, 5) is 2.31. The first kappa shape index (κ1) is 18.1. The van der Waals surface area contributed by atoms with Gasteiger partial charge in [-0.2, -0.15) is 0 Å². The van der Waals surface area contributed by atoms with Gasteiger partial charge in [0.1, 0.15) is 0 Å². The van der Waals surface area contributed by atoms with Crippen LogP contribution in [0.1, 0.15) is 19.4 Å². The second kappa shape index (κ2) is 6.53. The molecule has 1 unspecified atom stereocenters. The van der Waals surface area contributed by atoms with Crippen LogP contribution in [0.5, 0.6) is 0 Å². The number of hydrogen-bond acceptors (Lipinski definition) is 3. The molecule has 0 aliphatic carbocycles. The predicted molar refractivity (Wildman–Crippen MR) is 127 cm³/mol. The Kier molecular flexibility index (Phi) is 4.07. The fourth-order valence-corrected chi connectivity index (χ4v) is 5.58. The van der Waals surface area contributed by atoms with Crippen LogP contribution in [0.2, 0.25) is 0 Å². The normalized spacial score (nSPS) is 18.0. The molecule has 0 amide bonds. The van der Waals surface area contributed by atoms with Crippen LogP contribution in [0.4, 0.5) is 11.4 Å². The third-order valence-electron chi connectivity index (χ3n) is 6.14. The van der Waals surface area contributed by atoms with Crippen molar-refractivity contribution < 1.29 is 4.68 Å². The van der Waals surface area contributed by atoms with Crippen LogP contribution in [-0.2, 0) is 5.41 Å². The Morgan fingerprint density at radius 3 is 2.55 bits per heavy atom. The van der Waals surface area contributed by atoms with Crippen LogP contribution in [-0.4, -0.2) is 30.7 Å². The molecule has 0 radical (unpaired) electrons. The molecule has 0 spiro atoms. The number of anilines is 1. The maximum atomic E-state index is 4.74. The molecule has 0 fully saturated rings. The molecule has 2 heterocycles. The summed E-state index contributed by atoms with van der Waals surface area (Å²) < 4.78 is 4.34. The molecule has 0 bridgehead atoms. The fraction of sp³-hybridized carbons (Fsp3) is 0.200. The highest BCUT2D eigenvalue weighted by Crippen LogP contribution is 2.43. The number of likely N-dealkylation sites (N-methyl/N-ethyl adjacent to an activating group) is 1. The minimum absolute atomic E-state index is 0.0107. The van der Waals surface area contributed by atoms with Gasteiger partial charge in [-0.25, -0.2) is 0 Å². The topological polar surface area (TPSA) is 18.6 Å². The molecule has 4 aromatic rings. The lowest BCUT2D eigenvalue weighted by Gasteiger charge is -2.28. The zero-order chi connectivity index (χ0) is 20.2. The van der Waals surface area contributed by atoms with E-state index < -0.39 is 0 Å². The third kappa shape index (κ3) is 2.78. The van der Waals surface area contributed by atoms with Crippen molar-refractivity contribution in [3.05, 3.63) is 72.3 Å². The van der Waals surface area contributed by atoms with Gasteiger partial charge in [0.15, 0.2) is 6.72 Å². The van der Waals surface area contributed by atoms with E-state index in [-0.39, 0.29) is 11.5 Å². The van der Waals surface area contributed by atoms with Crippen molar-refractivity contribution in [2.75, 3.05) is 11.9 Å². The second-order valence-corrected chi connectivity index (χ2v) is 9.32. The first-order valence-corrected chi connectivity index (χ1v) is 10.7. The largest absolute Gasteiger partial charge is 0.365 e. The van der Waals surface area contributed by atoms with Gasteiger partial charge in [-0.1, -0.05) is 54.9 Å². The van der Waals surface area contributed by atoms with Crippen LogP contribution in [0.25, 0.3) is 20.2 Å². The Morgan fingerprint density at radius 1 is 1.00 bits per heavy atom. The third-order valence-corrected chi connectivity index (χ3v) is 7.29. The number of fused-ring (bicyclic) bond motifs is 4. The number of rotatable bonds is 3. The number of benzene rings is 3. The van der Waals surface area contributed by atoms with Crippen molar-refractivity contribution in [2.24, 2.45) is 5.10 Å². The molecule has 0 N–H and O–H groups in total. The molecule has 4 heteroatoms. The van der Waals surface area contributed by atoms with Crippen molar-refractivity contribution in [1.29, 1.82) is 0 Å². The summed E-state index contributed by atoms with van der Waals surface area (Å²) in [6.45, 7) is 8.74. The van der Waals surface area contributed by atoms with Gasteiger partial charge < -0.3 is 4.90 Å². The zero-order valence-electron chi connectivity index (χ0n) is 17.0. The van der Waals surface area contributed by atoms with E-state index in [1.54, 1.807) is 4.68 Å². The summed E-state index contributed by atoms with van der Waals surface area (Å²) in [5, 5.41) is 7.29. The number of para-hydroxylation sites is 1. The second-order valence-electron chi connectivity index (χ2n) is 8.24. The number of hydrazone groups is 1. The molecule has 1 aliphatic rings. The summed E-state index contributed by atoms with van der Waals surface area (Å²) in [7, 11) is 2.14. The molecule has 1 aromatic heterocycles. The summed E-state index contributed by atoms with van der Waals surface area (Å²) in [6.07, 6.45) is 2.03. The van der Waals surface area contributed by atoms with Gasteiger partial charge >= 0.3 is 0 Å². The fourth-order valence-electron chi connectivity index (χ4n) is 4.49. The van der Waals surface area contributed by atoms with Crippen molar-refractivity contribution in [3.8, 4) is 0 Å². The van der Waals surface area contributed by atoms with E-state index in [0.717, 1.165) is 5.69 Å². The van der Waals surface area contributed by atoms with Crippen molar-refractivity contribution >= 4 is 55.8 Å². The van der Waals surface area contributed by atoms with Gasteiger partial charge in [0, 0.05) is 50.5 Å². The Morgan fingerprint density at radius 2 is 1.72 bits per heavy atom. The average Bonchev–Trinajstić information content (AvgIpc) is 3.19. The van der Waals surface area contributed by atoms with Crippen LogP contribution >= 0.6 is 11.3 Å². The van der Waals surface area contributed by atoms with Crippen molar-refractivity contribution in [3.63, 3.8) is 0 Å². The molecular formula is C25H24N3S+. The summed E-state index contributed by atoms with van der Waals surface area (Å²) in [5.41, 5.74) is 3.62. The lowest BCUT2D eigenvalue weighted by Crippen LogP contribution is -2.40. The van der Waals surface area contributed by atoms with E-state index in [9.17, 15) is 0 Å². The highest BCUT2D eigenvalue weighted by Gasteiger charge is 2.42. The lowest BCUT2D eigenvalue weighted by atomic mass is 9.81. The molecule has 5 rings (SSSR count). The Labute approximate surface area is 175 Å². The minimum Gasteiger partial charge on any atom is -0.365 e. The summed E-state index contributed by atoms with van der Waals surface area (Å²) in [6, 6.07) is 23.8. The van der Waals surface area contributed by atoms with Gasteiger partial charge in [-0.3, -0.25) is 0 Å². The standard InChI is InChI=1S/C25H24N3S/c1-25(2)20-10-6-7-11-21(20)27(3)24(25)16-26-28(4)17-13-14-23-19(15-17)18-9-5-8-12-22(18)29-23/h5-16,24H,4H2,1-3H3/q+1. The first-order chi connectivity index (χ1) is 14.0. The lowest BCUT2D eigenvalue weighted by molar-refractivity contribution is -0.435. The molecule has 0 saturated carbocycles. The van der Waals surface area contributed by atoms with Crippen LogP contribution in [0.3, 0.4) is 0 Å². The molecule has 144 valence electrons. The number of thiophene rings is 1. The quantitative estimate of drug-likeness (QED) is 0.229. The molecule has 1 aliphatic heterocycles. The maximum Gasteiger partial charge on any atom is 0.238 e. The van der Waals surface area contributed by atoms with E-state index in [0.29, 0.717) is 0 Å². The molecule has 0 saturated heterocycles. The van der Waals surface area contributed by atoms with E-state index in [1.165, 1.54) is 31.4 Å². The average molecular weight is 399 g/mol. The number of nitrogens with zero attached hydrogens (tertiary/aromatic N) is 3. The van der Waals surface area contributed by atoms with E-state index >= 15 is 0 Å². The van der Waals surface area contributed by atoms with Crippen LogP contribution in [0.15, 0.2) is 71.8 Å². The van der Waals surface area contributed by atoms with Gasteiger partial charge in [0.2, 0.25) is 5.69 Å². The molecule has 3 nitrogen and oxygen atoms in total. The van der Waals surface area contributed by atoms with Gasteiger partial charge in [-0.15, -0.1) is 11.3 Å². The van der Waals surface area contributed by atoms with E-state index in [1.807, 2.05) is 17.6 Å². The molecular weight excluding hydrogens is 374 g/mol. The maximum absolute atomic E-state index is 4.74.